The summed E-state index contributed by atoms with van der Waals surface area (Å²) in [4.78, 5) is 10.9. The Morgan fingerprint density at radius 2 is 2.19 bits per heavy atom. The highest BCUT2D eigenvalue weighted by atomic mass is 16.3. The molecule has 0 saturated carbocycles. The van der Waals surface area contributed by atoms with E-state index in [0.29, 0.717) is 6.42 Å². The van der Waals surface area contributed by atoms with Crippen LogP contribution in [0.4, 0.5) is 0 Å². The minimum Gasteiger partial charge on any atom is -0.464 e. The Kier molecular flexibility index (Phi) is 3.22. The summed E-state index contributed by atoms with van der Waals surface area (Å²) in [7, 11) is 0. The van der Waals surface area contributed by atoms with Crippen molar-refractivity contribution in [1.29, 1.82) is 0 Å². The van der Waals surface area contributed by atoms with Gasteiger partial charge >= 0.3 is 0 Å². The van der Waals surface area contributed by atoms with Gasteiger partial charge in [0.15, 0.2) is 0 Å². The molecule has 2 rings (SSSR count). The summed E-state index contributed by atoms with van der Waals surface area (Å²) in [6.07, 6.45) is 3.79. The van der Waals surface area contributed by atoms with E-state index in [1.165, 1.54) is 0 Å². The monoisotopic (exact) mass is 218 g/mol. The van der Waals surface area contributed by atoms with E-state index in [-0.39, 0.29) is 5.91 Å². The lowest BCUT2D eigenvalue weighted by Gasteiger charge is -1.98. The molecular weight excluding hydrogens is 204 g/mol. The van der Waals surface area contributed by atoms with Crippen molar-refractivity contribution in [3.63, 3.8) is 0 Å². The molecule has 0 aliphatic heterocycles. The molecule has 0 fully saturated rings. The SMILES string of the molecule is NNC(=O)CCCc1coc2ccccc12. The maximum absolute atomic E-state index is 10.9. The molecule has 4 heteroatoms. The third kappa shape index (κ3) is 2.23. The Hall–Kier alpha value is -1.81. The summed E-state index contributed by atoms with van der Waals surface area (Å²) >= 11 is 0. The molecule has 0 bridgehead atoms. The highest BCUT2D eigenvalue weighted by Crippen LogP contribution is 2.21. The molecule has 2 aromatic rings. The summed E-state index contributed by atoms with van der Waals surface area (Å²) < 4.78 is 5.41. The van der Waals surface area contributed by atoms with Crippen LogP contribution in [0.1, 0.15) is 18.4 Å². The fourth-order valence-electron chi connectivity index (χ4n) is 1.74. The zero-order valence-electron chi connectivity index (χ0n) is 8.90. The quantitative estimate of drug-likeness (QED) is 0.466. The summed E-state index contributed by atoms with van der Waals surface area (Å²) in [6.45, 7) is 0. The second-order valence-electron chi connectivity index (χ2n) is 3.68. The van der Waals surface area contributed by atoms with E-state index in [2.05, 4.69) is 5.43 Å². The molecule has 0 unspecified atom stereocenters. The molecule has 1 amide bonds. The highest BCUT2D eigenvalue weighted by molar-refractivity contribution is 5.81. The van der Waals surface area contributed by atoms with Gasteiger partial charge in [-0.1, -0.05) is 18.2 Å². The molecular formula is C12H14N2O2. The lowest BCUT2D eigenvalue weighted by molar-refractivity contribution is -0.121. The van der Waals surface area contributed by atoms with Crippen LogP contribution in [0.25, 0.3) is 11.0 Å². The van der Waals surface area contributed by atoms with E-state index in [1.54, 1.807) is 6.26 Å². The van der Waals surface area contributed by atoms with Crippen molar-refractivity contribution in [3.05, 3.63) is 36.1 Å². The van der Waals surface area contributed by atoms with E-state index >= 15 is 0 Å². The third-order valence-electron chi connectivity index (χ3n) is 2.57. The van der Waals surface area contributed by atoms with Crippen LogP contribution in [0.3, 0.4) is 0 Å². The molecule has 1 aromatic carbocycles. The van der Waals surface area contributed by atoms with Gasteiger partial charge in [0, 0.05) is 11.8 Å². The molecule has 0 spiro atoms. The van der Waals surface area contributed by atoms with Crippen molar-refractivity contribution >= 4 is 16.9 Å². The van der Waals surface area contributed by atoms with Crippen molar-refractivity contribution in [3.8, 4) is 0 Å². The van der Waals surface area contributed by atoms with Crippen molar-refractivity contribution in [2.24, 2.45) is 5.84 Å². The van der Waals surface area contributed by atoms with Crippen LogP contribution < -0.4 is 11.3 Å². The minimum absolute atomic E-state index is 0.132. The van der Waals surface area contributed by atoms with E-state index in [4.69, 9.17) is 10.3 Å². The number of hydrogen-bond donors (Lipinski definition) is 2. The van der Waals surface area contributed by atoms with Crippen LogP contribution in [-0.2, 0) is 11.2 Å². The number of furan rings is 1. The first-order valence-electron chi connectivity index (χ1n) is 5.26. The lowest BCUT2D eigenvalue weighted by atomic mass is 10.1. The number of amides is 1. The number of fused-ring (bicyclic) bond motifs is 1. The van der Waals surface area contributed by atoms with Crippen molar-refractivity contribution in [1.82, 2.24) is 5.43 Å². The van der Waals surface area contributed by atoms with Gasteiger partial charge in [-0.25, -0.2) is 5.84 Å². The fraction of sp³-hybridized carbons (Fsp3) is 0.250. The first-order valence-corrected chi connectivity index (χ1v) is 5.26. The average molecular weight is 218 g/mol. The van der Waals surface area contributed by atoms with Crippen molar-refractivity contribution in [2.75, 3.05) is 0 Å². The molecule has 0 saturated heterocycles. The summed E-state index contributed by atoms with van der Waals surface area (Å²) in [5, 5.41) is 1.12. The standard InChI is InChI=1S/C12H14N2O2/c13-14-12(15)7-3-4-9-8-16-11-6-2-1-5-10(9)11/h1-2,5-6,8H,3-4,7,13H2,(H,14,15). The molecule has 16 heavy (non-hydrogen) atoms. The second kappa shape index (κ2) is 4.81. The average Bonchev–Trinajstić information content (AvgIpc) is 2.73. The highest BCUT2D eigenvalue weighted by Gasteiger charge is 2.05. The number of benzene rings is 1. The zero-order chi connectivity index (χ0) is 11.4. The number of nitrogens with two attached hydrogens (primary N) is 1. The Bertz CT molecular complexity index is 490. The normalized spacial score (nSPS) is 10.6. The smallest absolute Gasteiger partial charge is 0.233 e. The Balaban J connectivity index is 2.02. The van der Waals surface area contributed by atoms with Gasteiger partial charge in [-0.15, -0.1) is 0 Å². The minimum atomic E-state index is -0.132. The first-order chi connectivity index (χ1) is 7.81. The van der Waals surface area contributed by atoms with Gasteiger partial charge in [0.2, 0.25) is 5.91 Å². The molecule has 3 N–H and O–H groups in total. The number of nitrogens with one attached hydrogen (secondary N) is 1. The van der Waals surface area contributed by atoms with Crippen LogP contribution in [0.5, 0.6) is 0 Å². The van der Waals surface area contributed by atoms with Crippen molar-refractivity contribution in [2.45, 2.75) is 19.3 Å². The maximum atomic E-state index is 10.9. The fourth-order valence-corrected chi connectivity index (χ4v) is 1.74. The molecule has 1 aromatic heterocycles. The van der Waals surface area contributed by atoms with Gasteiger partial charge < -0.3 is 4.42 Å². The number of carbonyl (C=O) groups is 1. The number of carbonyl (C=O) groups excluding carboxylic acids is 1. The molecule has 0 atom stereocenters. The Morgan fingerprint density at radius 1 is 1.38 bits per heavy atom. The number of para-hydroxylation sites is 1. The number of rotatable bonds is 4. The van der Waals surface area contributed by atoms with Crippen LogP contribution in [0, 0.1) is 0 Å². The molecule has 0 aliphatic rings. The van der Waals surface area contributed by atoms with Gasteiger partial charge in [0.25, 0.3) is 0 Å². The van der Waals surface area contributed by atoms with Gasteiger partial charge in [0.1, 0.15) is 5.58 Å². The summed E-state index contributed by atoms with van der Waals surface area (Å²) in [6, 6.07) is 7.88. The maximum Gasteiger partial charge on any atom is 0.233 e. The van der Waals surface area contributed by atoms with Crippen LogP contribution in [-0.4, -0.2) is 5.91 Å². The molecule has 1 heterocycles. The predicted octanol–water partition coefficient (Wildman–Crippen LogP) is 1.75. The number of hydrogen-bond acceptors (Lipinski definition) is 3. The topological polar surface area (TPSA) is 68.3 Å². The van der Waals surface area contributed by atoms with Crippen molar-refractivity contribution < 1.29 is 9.21 Å². The Morgan fingerprint density at radius 3 is 3.00 bits per heavy atom. The predicted molar refractivity (Wildman–Crippen MR) is 61.5 cm³/mol. The Labute approximate surface area is 93.4 Å². The van der Waals surface area contributed by atoms with Crippen LogP contribution in [0.2, 0.25) is 0 Å². The van der Waals surface area contributed by atoms with Crippen LogP contribution >= 0.6 is 0 Å². The molecule has 4 nitrogen and oxygen atoms in total. The van der Waals surface area contributed by atoms with Gasteiger partial charge in [0.05, 0.1) is 6.26 Å². The summed E-state index contributed by atoms with van der Waals surface area (Å²) in [5.74, 6) is 4.87. The van der Waals surface area contributed by atoms with Gasteiger partial charge in [-0.2, -0.15) is 0 Å². The largest absolute Gasteiger partial charge is 0.464 e. The number of hydrazine groups is 1. The third-order valence-corrected chi connectivity index (χ3v) is 2.57. The number of aryl methyl sites for hydroxylation is 1. The lowest BCUT2D eigenvalue weighted by Crippen LogP contribution is -2.29. The molecule has 0 radical (unpaired) electrons. The summed E-state index contributed by atoms with van der Waals surface area (Å²) in [5.41, 5.74) is 4.15. The first kappa shape index (κ1) is 10.7. The zero-order valence-corrected chi connectivity index (χ0v) is 8.90. The van der Waals surface area contributed by atoms with E-state index in [1.807, 2.05) is 24.3 Å². The van der Waals surface area contributed by atoms with E-state index in [9.17, 15) is 4.79 Å². The van der Waals surface area contributed by atoms with E-state index in [0.717, 1.165) is 29.4 Å². The molecule has 84 valence electrons. The van der Waals surface area contributed by atoms with Crippen LogP contribution in [0.15, 0.2) is 34.9 Å². The van der Waals surface area contributed by atoms with Gasteiger partial charge in [-0.3, -0.25) is 10.2 Å². The van der Waals surface area contributed by atoms with Gasteiger partial charge in [-0.05, 0) is 24.5 Å². The second-order valence-corrected chi connectivity index (χ2v) is 3.68. The van der Waals surface area contributed by atoms with E-state index < -0.39 is 0 Å². The molecule has 0 aliphatic carbocycles.